The summed E-state index contributed by atoms with van der Waals surface area (Å²) in [6.45, 7) is 2.71. The van der Waals surface area contributed by atoms with Crippen LogP contribution in [-0.4, -0.2) is 38.0 Å². The smallest absolute Gasteiger partial charge is 0.239 e. The van der Waals surface area contributed by atoms with Gasteiger partial charge in [-0.2, -0.15) is 0 Å². The van der Waals surface area contributed by atoms with E-state index in [9.17, 15) is 9.59 Å². The van der Waals surface area contributed by atoms with E-state index in [2.05, 4.69) is 16.0 Å². The average Bonchev–Trinajstić information content (AvgIpc) is 3.05. The van der Waals surface area contributed by atoms with Gasteiger partial charge in [0.05, 0.1) is 6.54 Å². The van der Waals surface area contributed by atoms with E-state index in [1.807, 2.05) is 30.3 Å². The van der Waals surface area contributed by atoms with Crippen LogP contribution < -0.4 is 16.0 Å². The maximum absolute atomic E-state index is 11.7. The Bertz CT molecular complexity index is 476. The summed E-state index contributed by atoms with van der Waals surface area (Å²) in [5.74, 6) is 0.433. The van der Waals surface area contributed by atoms with E-state index in [1.165, 1.54) is 5.56 Å². The molecule has 1 saturated heterocycles. The number of amides is 2. The summed E-state index contributed by atoms with van der Waals surface area (Å²) in [5, 5.41) is 8.79. The van der Waals surface area contributed by atoms with E-state index < -0.39 is 0 Å². The summed E-state index contributed by atoms with van der Waals surface area (Å²) in [6, 6.07) is 10.0. The van der Waals surface area contributed by atoms with Crippen molar-refractivity contribution in [3.05, 3.63) is 35.9 Å². The van der Waals surface area contributed by atoms with Gasteiger partial charge in [-0.1, -0.05) is 30.3 Å². The fourth-order valence-electron chi connectivity index (χ4n) is 2.62. The highest BCUT2D eigenvalue weighted by Gasteiger charge is 2.15. The molecule has 1 atom stereocenters. The van der Waals surface area contributed by atoms with Crippen LogP contribution in [0.25, 0.3) is 0 Å². The van der Waals surface area contributed by atoms with Crippen LogP contribution in [0, 0.1) is 5.92 Å². The molecule has 1 fully saturated rings. The van der Waals surface area contributed by atoms with Gasteiger partial charge in [0.1, 0.15) is 0 Å². The van der Waals surface area contributed by atoms with Crippen molar-refractivity contribution in [2.45, 2.75) is 25.7 Å². The molecule has 23 heavy (non-hydrogen) atoms. The highest BCUT2D eigenvalue weighted by atomic mass is 35.5. The Morgan fingerprint density at radius 2 is 1.91 bits per heavy atom. The van der Waals surface area contributed by atoms with Crippen molar-refractivity contribution in [1.29, 1.82) is 0 Å². The van der Waals surface area contributed by atoms with Gasteiger partial charge in [0.2, 0.25) is 11.8 Å². The highest BCUT2D eigenvalue weighted by molar-refractivity contribution is 5.85. The molecule has 0 bridgehead atoms. The molecule has 1 aliphatic rings. The lowest BCUT2D eigenvalue weighted by Gasteiger charge is -2.09. The third kappa shape index (κ3) is 8.00. The van der Waals surface area contributed by atoms with Gasteiger partial charge in [0.25, 0.3) is 0 Å². The van der Waals surface area contributed by atoms with Crippen molar-refractivity contribution in [2.75, 3.05) is 26.2 Å². The lowest BCUT2D eigenvalue weighted by molar-refractivity contribution is -0.126. The van der Waals surface area contributed by atoms with Crippen molar-refractivity contribution in [3.63, 3.8) is 0 Å². The van der Waals surface area contributed by atoms with Crippen LogP contribution >= 0.6 is 12.4 Å². The van der Waals surface area contributed by atoms with E-state index in [1.54, 1.807) is 0 Å². The summed E-state index contributed by atoms with van der Waals surface area (Å²) in [5.41, 5.74) is 1.19. The lowest BCUT2D eigenvalue weighted by atomic mass is 10.0. The predicted molar refractivity (Wildman–Crippen MR) is 93.6 cm³/mol. The second-order valence-electron chi connectivity index (χ2n) is 5.76. The number of carbonyl (C=O) groups excluding carboxylic acids is 2. The molecular formula is C17H26ClN3O2. The van der Waals surface area contributed by atoms with Gasteiger partial charge in [-0.05, 0) is 43.8 Å². The normalized spacial score (nSPS) is 16.4. The molecule has 5 nitrogen and oxygen atoms in total. The summed E-state index contributed by atoms with van der Waals surface area (Å²) in [4.78, 5) is 23.4. The molecule has 3 N–H and O–H groups in total. The van der Waals surface area contributed by atoms with Crippen molar-refractivity contribution < 1.29 is 9.59 Å². The first-order valence-electron chi connectivity index (χ1n) is 8.02. The van der Waals surface area contributed by atoms with E-state index in [-0.39, 0.29) is 30.8 Å². The number of hydrogen-bond donors (Lipinski definition) is 3. The van der Waals surface area contributed by atoms with Crippen molar-refractivity contribution in [1.82, 2.24) is 16.0 Å². The minimum Gasteiger partial charge on any atom is -0.354 e. The molecule has 6 heteroatoms. The first kappa shape index (κ1) is 19.5. The molecule has 1 heterocycles. The Labute approximate surface area is 144 Å². The SMILES string of the molecule is Cl.O=C(CCC1CCNC1)NCC(=O)NCCc1ccccc1. The molecule has 1 unspecified atom stereocenters. The zero-order chi connectivity index (χ0) is 15.6. The summed E-state index contributed by atoms with van der Waals surface area (Å²) < 4.78 is 0. The van der Waals surface area contributed by atoms with Crippen LogP contribution in [0.1, 0.15) is 24.8 Å². The minimum atomic E-state index is -0.133. The third-order valence-electron chi connectivity index (χ3n) is 3.97. The van der Waals surface area contributed by atoms with Crippen LogP contribution in [0.3, 0.4) is 0 Å². The zero-order valence-corrected chi connectivity index (χ0v) is 14.2. The van der Waals surface area contributed by atoms with Crippen LogP contribution in [0.5, 0.6) is 0 Å². The Morgan fingerprint density at radius 3 is 2.61 bits per heavy atom. The van der Waals surface area contributed by atoms with Gasteiger partial charge in [0.15, 0.2) is 0 Å². The number of rotatable bonds is 8. The van der Waals surface area contributed by atoms with Crippen molar-refractivity contribution in [2.24, 2.45) is 5.92 Å². The standard InChI is InChI=1S/C17H25N3O2.ClH/c21-16(7-6-15-8-10-18-12-15)20-13-17(22)19-11-9-14-4-2-1-3-5-14;/h1-5,15,18H,6-13H2,(H,19,22)(H,20,21);1H. The predicted octanol–water partition coefficient (Wildman–Crippen LogP) is 1.27. The molecule has 0 aromatic heterocycles. The van der Waals surface area contributed by atoms with Gasteiger partial charge >= 0.3 is 0 Å². The molecule has 1 aromatic rings. The van der Waals surface area contributed by atoms with Crippen LogP contribution in [-0.2, 0) is 16.0 Å². The fourth-order valence-corrected chi connectivity index (χ4v) is 2.62. The summed E-state index contributed by atoms with van der Waals surface area (Å²) >= 11 is 0. The first-order valence-corrected chi connectivity index (χ1v) is 8.02. The molecule has 0 aliphatic carbocycles. The molecule has 0 spiro atoms. The quantitative estimate of drug-likeness (QED) is 0.668. The second kappa shape index (κ2) is 11.0. The molecule has 2 rings (SSSR count). The highest BCUT2D eigenvalue weighted by Crippen LogP contribution is 2.13. The molecular weight excluding hydrogens is 314 g/mol. The number of halogens is 1. The molecule has 1 aliphatic heterocycles. The van der Waals surface area contributed by atoms with Gasteiger partial charge in [0, 0.05) is 13.0 Å². The molecule has 1 aromatic carbocycles. The second-order valence-corrected chi connectivity index (χ2v) is 5.76. The van der Waals surface area contributed by atoms with E-state index in [0.29, 0.717) is 18.9 Å². The summed E-state index contributed by atoms with van der Waals surface area (Å²) in [6.07, 6.45) is 3.35. The number of nitrogens with one attached hydrogen (secondary N) is 3. The Kier molecular flexibility index (Phi) is 9.33. The van der Waals surface area contributed by atoms with Crippen LogP contribution in [0.4, 0.5) is 0 Å². The Balaban J connectivity index is 0.00000264. The average molecular weight is 340 g/mol. The first-order chi connectivity index (χ1) is 10.7. The number of carbonyl (C=O) groups is 2. The Hall–Kier alpha value is -1.59. The van der Waals surface area contributed by atoms with E-state index in [0.717, 1.165) is 32.4 Å². The topological polar surface area (TPSA) is 70.2 Å². The maximum Gasteiger partial charge on any atom is 0.239 e. The number of benzene rings is 1. The van der Waals surface area contributed by atoms with Gasteiger partial charge in [-0.25, -0.2) is 0 Å². The van der Waals surface area contributed by atoms with E-state index in [4.69, 9.17) is 0 Å². The molecule has 128 valence electrons. The molecule has 0 saturated carbocycles. The van der Waals surface area contributed by atoms with E-state index >= 15 is 0 Å². The monoisotopic (exact) mass is 339 g/mol. The molecule has 2 amide bonds. The maximum atomic E-state index is 11.7. The van der Waals surface area contributed by atoms with Crippen molar-refractivity contribution in [3.8, 4) is 0 Å². The van der Waals surface area contributed by atoms with Crippen LogP contribution in [0.2, 0.25) is 0 Å². The van der Waals surface area contributed by atoms with Gasteiger partial charge in [-0.15, -0.1) is 12.4 Å². The third-order valence-corrected chi connectivity index (χ3v) is 3.97. The number of hydrogen-bond acceptors (Lipinski definition) is 3. The zero-order valence-electron chi connectivity index (χ0n) is 13.3. The minimum absolute atomic E-state index is 0. The lowest BCUT2D eigenvalue weighted by Crippen LogP contribution is -2.37. The van der Waals surface area contributed by atoms with Crippen molar-refractivity contribution >= 4 is 24.2 Å². The fraction of sp³-hybridized carbons (Fsp3) is 0.529. The van der Waals surface area contributed by atoms with Gasteiger partial charge in [-0.3, -0.25) is 9.59 Å². The van der Waals surface area contributed by atoms with Crippen LogP contribution in [0.15, 0.2) is 30.3 Å². The Morgan fingerprint density at radius 1 is 1.13 bits per heavy atom. The largest absolute Gasteiger partial charge is 0.354 e. The van der Waals surface area contributed by atoms with Gasteiger partial charge < -0.3 is 16.0 Å². The molecule has 0 radical (unpaired) electrons. The summed E-state index contributed by atoms with van der Waals surface area (Å²) in [7, 11) is 0.